The van der Waals surface area contributed by atoms with Gasteiger partial charge < -0.3 is 15.4 Å². The maximum atomic E-state index is 12.6. The maximum Gasteiger partial charge on any atom is 0.253 e. The Kier molecular flexibility index (Phi) is 7.82. The summed E-state index contributed by atoms with van der Waals surface area (Å²) in [6, 6.07) is 12.1. The van der Waals surface area contributed by atoms with E-state index in [4.69, 9.17) is 4.74 Å². The number of rotatable bonds is 9. The molecule has 0 aliphatic carbocycles. The zero-order valence-electron chi connectivity index (χ0n) is 17.5. The van der Waals surface area contributed by atoms with E-state index in [1.54, 1.807) is 0 Å². The predicted molar refractivity (Wildman–Crippen MR) is 118 cm³/mol. The van der Waals surface area contributed by atoms with Gasteiger partial charge in [0.2, 0.25) is 15.9 Å². The Labute approximate surface area is 177 Å². The number of amides is 2. The molecule has 0 atom stereocenters. The predicted octanol–water partition coefficient (Wildman–Crippen LogP) is 2.95. The molecule has 2 rings (SSSR count). The smallest absolute Gasteiger partial charge is 0.253 e. The molecule has 0 aliphatic rings. The summed E-state index contributed by atoms with van der Waals surface area (Å²) < 4.78 is 31.1. The van der Waals surface area contributed by atoms with Crippen molar-refractivity contribution in [3.8, 4) is 5.75 Å². The van der Waals surface area contributed by atoms with Crippen LogP contribution in [0.2, 0.25) is 0 Å². The van der Waals surface area contributed by atoms with Crippen LogP contribution < -0.4 is 20.1 Å². The monoisotopic (exact) mass is 433 g/mol. The minimum atomic E-state index is -3.58. The van der Waals surface area contributed by atoms with Crippen LogP contribution in [-0.4, -0.2) is 39.6 Å². The first-order chi connectivity index (χ1) is 14.0. The zero-order chi connectivity index (χ0) is 22.3. The van der Waals surface area contributed by atoms with Crippen LogP contribution in [0.3, 0.4) is 0 Å². The summed E-state index contributed by atoms with van der Waals surface area (Å²) >= 11 is 0. The van der Waals surface area contributed by atoms with Gasteiger partial charge in [0.1, 0.15) is 12.4 Å². The number of carbonyl (C=O) groups is 2. The lowest BCUT2D eigenvalue weighted by Crippen LogP contribution is -2.29. The number of ether oxygens (including phenoxy) is 1. The van der Waals surface area contributed by atoms with Crippen molar-refractivity contribution in [2.75, 3.05) is 29.4 Å². The molecule has 0 aromatic heterocycles. The Bertz CT molecular complexity index is 1000. The van der Waals surface area contributed by atoms with Gasteiger partial charge in [0.15, 0.2) is 0 Å². The van der Waals surface area contributed by atoms with Crippen molar-refractivity contribution in [1.82, 2.24) is 5.32 Å². The Balaban J connectivity index is 2.02. The largest absolute Gasteiger partial charge is 0.492 e. The first kappa shape index (κ1) is 23.2. The van der Waals surface area contributed by atoms with E-state index in [1.807, 2.05) is 24.3 Å². The number of anilines is 2. The highest BCUT2D eigenvalue weighted by molar-refractivity contribution is 7.92. The van der Waals surface area contributed by atoms with Gasteiger partial charge in [-0.25, -0.2) is 8.42 Å². The summed E-state index contributed by atoms with van der Waals surface area (Å²) in [5.74, 6) is 0.330. The van der Waals surface area contributed by atoms with Crippen molar-refractivity contribution < 1.29 is 22.7 Å². The summed E-state index contributed by atoms with van der Waals surface area (Å²) in [6.45, 7) is 6.02. The highest BCUT2D eigenvalue weighted by Gasteiger charge is 2.15. The fourth-order valence-electron chi connectivity index (χ4n) is 2.68. The first-order valence-electron chi connectivity index (χ1n) is 9.45. The Morgan fingerprint density at radius 2 is 1.73 bits per heavy atom. The van der Waals surface area contributed by atoms with Crippen molar-refractivity contribution in [3.63, 3.8) is 0 Å². The highest BCUT2D eigenvalue weighted by Crippen LogP contribution is 2.22. The second-order valence-electron chi connectivity index (χ2n) is 7.14. The topological polar surface area (TPSA) is 114 Å². The summed E-state index contributed by atoms with van der Waals surface area (Å²) in [7, 11) is -3.58. The Morgan fingerprint density at radius 1 is 1.07 bits per heavy atom. The summed E-state index contributed by atoms with van der Waals surface area (Å²) in [6.07, 6.45) is 0.995. The molecule has 0 aliphatic heterocycles. The lowest BCUT2D eigenvalue weighted by atomic mass is 10.0. The number of hydrogen-bond donors (Lipinski definition) is 3. The molecule has 0 heterocycles. The molecule has 2 amide bonds. The van der Waals surface area contributed by atoms with Crippen molar-refractivity contribution in [2.24, 2.45) is 0 Å². The van der Waals surface area contributed by atoms with Gasteiger partial charge in [0, 0.05) is 12.6 Å². The van der Waals surface area contributed by atoms with E-state index in [2.05, 4.69) is 29.2 Å². The molecule has 0 unspecified atom stereocenters. The lowest BCUT2D eigenvalue weighted by Gasteiger charge is -2.14. The van der Waals surface area contributed by atoms with Gasteiger partial charge in [-0.15, -0.1) is 0 Å². The second-order valence-corrected chi connectivity index (χ2v) is 8.89. The molecule has 3 N–H and O–H groups in total. The normalized spacial score (nSPS) is 11.1. The number of hydrogen-bond acceptors (Lipinski definition) is 5. The minimum Gasteiger partial charge on any atom is -0.492 e. The molecule has 2 aromatic carbocycles. The van der Waals surface area contributed by atoms with Gasteiger partial charge in [0.05, 0.1) is 24.1 Å². The third-order valence-corrected chi connectivity index (χ3v) is 4.67. The summed E-state index contributed by atoms with van der Waals surface area (Å²) in [5, 5.41) is 5.26. The fourth-order valence-corrected chi connectivity index (χ4v) is 3.26. The molecule has 0 saturated heterocycles. The van der Waals surface area contributed by atoms with Gasteiger partial charge in [-0.2, -0.15) is 0 Å². The second kappa shape index (κ2) is 10.1. The molecule has 9 heteroatoms. The molecule has 2 aromatic rings. The van der Waals surface area contributed by atoms with Gasteiger partial charge in [-0.05, 0) is 41.8 Å². The third kappa shape index (κ3) is 7.40. The first-order valence-corrected chi connectivity index (χ1v) is 11.3. The van der Waals surface area contributed by atoms with E-state index >= 15 is 0 Å². The molecule has 0 spiro atoms. The average molecular weight is 434 g/mol. The number of benzene rings is 2. The molecule has 162 valence electrons. The summed E-state index contributed by atoms with van der Waals surface area (Å²) in [4.78, 5) is 23.9. The SMILES string of the molecule is CC(=O)Nc1ccc(NS(C)(=O)=O)c(C(=O)NCCOc2ccc(C(C)C)cc2)c1. The van der Waals surface area contributed by atoms with E-state index in [1.165, 1.54) is 30.7 Å². The van der Waals surface area contributed by atoms with E-state index in [9.17, 15) is 18.0 Å². The number of nitrogens with one attached hydrogen (secondary N) is 3. The molecular formula is C21H27N3O5S. The van der Waals surface area contributed by atoms with Crippen LogP contribution in [0.5, 0.6) is 5.75 Å². The van der Waals surface area contributed by atoms with Crippen LogP contribution >= 0.6 is 0 Å². The van der Waals surface area contributed by atoms with Crippen molar-refractivity contribution in [2.45, 2.75) is 26.7 Å². The Hall–Kier alpha value is -3.07. The molecule has 8 nitrogen and oxygen atoms in total. The molecule has 0 fully saturated rings. The number of carbonyl (C=O) groups excluding carboxylic acids is 2. The average Bonchev–Trinajstić information content (AvgIpc) is 2.65. The highest BCUT2D eigenvalue weighted by atomic mass is 32.2. The van der Waals surface area contributed by atoms with Crippen LogP contribution in [0.15, 0.2) is 42.5 Å². The number of sulfonamides is 1. The molecule has 30 heavy (non-hydrogen) atoms. The molecular weight excluding hydrogens is 406 g/mol. The molecule has 0 bridgehead atoms. The zero-order valence-corrected chi connectivity index (χ0v) is 18.3. The minimum absolute atomic E-state index is 0.0907. The van der Waals surface area contributed by atoms with E-state index in [0.717, 1.165) is 6.26 Å². The third-order valence-electron chi connectivity index (χ3n) is 4.08. The van der Waals surface area contributed by atoms with Crippen molar-refractivity contribution in [1.29, 1.82) is 0 Å². The molecule has 0 saturated carbocycles. The Morgan fingerprint density at radius 3 is 2.30 bits per heavy atom. The van der Waals surface area contributed by atoms with Gasteiger partial charge >= 0.3 is 0 Å². The lowest BCUT2D eigenvalue weighted by molar-refractivity contribution is -0.114. The summed E-state index contributed by atoms with van der Waals surface area (Å²) in [5.41, 5.74) is 1.80. The fraction of sp³-hybridized carbons (Fsp3) is 0.333. The van der Waals surface area contributed by atoms with E-state index in [-0.39, 0.29) is 30.3 Å². The van der Waals surface area contributed by atoms with E-state index < -0.39 is 15.9 Å². The van der Waals surface area contributed by atoms with Crippen LogP contribution in [0.1, 0.15) is 42.6 Å². The van der Waals surface area contributed by atoms with Gasteiger partial charge in [-0.1, -0.05) is 26.0 Å². The van der Waals surface area contributed by atoms with Crippen LogP contribution in [0, 0.1) is 0 Å². The van der Waals surface area contributed by atoms with Gasteiger partial charge in [0.25, 0.3) is 5.91 Å². The van der Waals surface area contributed by atoms with Crippen LogP contribution in [-0.2, 0) is 14.8 Å². The van der Waals surface area contributed by atoms with E-state index in [0.29, 0.717) is 17.4 Å². The molecule has 0 radical (unpaired) electrons. The van der Waals surface area contributed by atoms with Crippen LogP contribution in [0.25, 0.3) is 0 Å². The van der Waals surface area contributed by atoms with Gasteiger partial charge in [-0.3, -0.25) is 14.3 Å². The van der Waals surface area contributed by atoms with Crippen molar-refractivity contribution in [3.05, 3.63) is 53.6 Å². The standard InChI is InChI=1S/C21H27N3O5S/c1-14(2)16-5-8-18(9-6-16)29-12-11-22-21(26)19-13-17(23-15(3)25)7-10-20(19)24-30(4,27)28/h5-10,13-14,24H,11-12H2,1-4H3,(H,22,26)(H,23,25). The van der Waals surface area contributed by atoms with Crippen molar-refractivity contribution >= 4 is 33.2 Å². The maximum absolute atomic E-state index is 12.6. The quantitative estimate of drug-likeness (QED) is 0.526. The van der Waals surface area contributed by atoms with Crippen LogP contribution in [0.4, 0.5) is 11.4 Å².